The number of rotatable bonds is 5. The number of carboxylic acids is 1. The van der Waals surface area contributed by atoms with Crippen molar-refractivity contribution in [1.82, 2.24) is 19.3 Å². The number of nitrogens with zero attached hydrogens (tertiary/aromatic N) is 3. The molecule has 0 bridgehead atoms. The Morgan fingerprint density at radius 2 is 2.04 bits per heavy atom. The van der Waals surface area contributed by atoms with Crippen molar-refractivity contribution in [2.75, 3.05) is 0 Å². The highest BCUT2D eigenvalue weighted by Gasteiger charge is 2.28. The molecule has 1 aliphatic rings. The van der Waals surface area contributed by atoms with E-state index in [0.29, 0.717) is 17.0 Å². The van der Waals surface area contributed by atoms with Crippen molar-refractivity contribution in [3.05, 3.63) is 48.2 Å². The number of hydrogen-bond donors (Lipinski definition) is 2. The van der Waals surface area contributed by atoms with Gasteiger partial charge in [-0.2, -0.15) is 0 Å². The van der Waals surface area contributed by atoms with Crippen LogP contribution in [0.2, 0.25) is 0 Å². The van der Waals surface area contributed by atoms with Gasteiger partial charge in [-0.25, -0.2) is 27.4 Å². The molecule has 1 aromatic carbocycles. The molecule has 2 N–H and O–H groups in total. The molecule has 0 unspecified atom stereocenters. The average Bonchev–Trinajstić information content (AvgIpc) is 3.28. The van der Waals surface area contributed by atoms with Gasteiger partial charge in [0.05, 0.1) is 10.5 Å². The molecular formula is C16H14N4O4S. The third kappa shape index (κ3) is 3.11. The van der Waals surface area contributed by atoms with Crippen molar-refractivity contribution >= 4 is 21.6 Å². The van der Waals surface area contributed by atoms with E-state index >= 15 is 0 Å². The zero-order chi connectivity index (χ0) is 17.6. The monoisotopic (exact) mass is 358 g/mol. The Labute approximate surface area is 143 Å². The molecule has 1 aliphatic carbocycles. The van der Waals surface area contributed by atoms with Gasteiger partial charge in [0.15, 0.2) is 11.5 Å². The van der Waals surface area contributed by atoms with Crippen LogP contribution in [0, 0.1) is 0 Å². The number of nitrogens with one attached hydrogen (secondary N) is 1. The summed E-state index contributed by atoms with van der Waals surface area (Å²) in [7, 11) is -3.57. The number of benzene rings is 1. The van der Waals surface area contributed by atoms with Gasteiger partial charge in [0.25, 0.3) is 0 Å². The first-order valence-electron chi connectivity index (χ1n) is 7.65. The molecule has 1 saturated carbocycles. The number of aromatic nitrogens is 3. The van der Waals surface area contributed by atoms with Gasteiger partial charge in [0, 0.05) is 17.8 Å². The highest BCUT2D eigenvalue weighted by molar-refractivity contribution is 7.89. The first-order chi connectivity index (χ1) is 11.9. The van der Waals surface area contributed by atoms with Crippen LogP contribution in [-0.4, -0.2) is 40.1 Å². The number of carbonyl (C=O) groups is 1. The van der Waals surface area contributed by atoms with Gasteiger partial charge in [-0.05, 0) is 37.1 Å². The highest BCUT2D eigenvalue weighted by atomic mass is 32.2. The van der Waals surface area contributed by atoms with Gasteiger partial charge in [0.2, 0.25) is 10.0 Å². The molecular weight excluding hydrogens is 344 g/mol. The van der Waals surface area contributed by atoms with Crippen molar-refractivity contribution in [3.63, 3.8) is 0 Å². The van der Waals surface area contributed by atoms with Gasteiger partial charge in [0.1, 0.15) is 0 Å². The molecule has 2 aromatic heterocycles. The molecule has 25 heavy (non-hydrogen) atoms. The zero-order valence-electron chi connectivity index (χ0n) is 13.0. The van der Waals surface area contributed by atoms with Crippen molar-refractivity contribution in [2.45, 2.75) is 23.8 Å². The maximum Gasteiger partial charge on any atom is 0.337 e. The molecule has 0 atom stereocenters. The van der Waals surface area contributed by atoms with Crippen molar-refractivity contribution < 1.29 is 18.3 Å². The molecule has 8 nitrogen and oxygen atoms in total. The maximum absolute atomic E-state index is 12.3. The summed E-state index contributed by atoms with van der Waals surface area (Å²) in [6.45, 7) is 0. The fourth-order valence-electron chi connectivity index (χ4n) is 2.42. The Morgan fingerprint density at radius 3 is 2.76 bits per heavy atom. The second-order valence-corrected chi connectivity index (χ2v) is 7.60. The van der Waals surface area contributed by atoms with Crippen molar-refractivity contribution in [2.24, 2.45) is 0 Å². The molecule has 0 radical (unpaired) electrons. The summed E-state index contributed by atoms with van der Waals surface area (Å²) >= 11 is 0. The van der Waals surface area contributed by atoms with E-state index in [1.54, 1.807) is 18.2 Å². The van der Waals surface area contributed by atoms with Crippen LogP contribution in [0.15, 0.2) is 47.5 Å². The molecule has 3 aromatic rings. The van der Waals surface area contributed by atoms with Crippen molar-refractivity contribution in [3.8, 4) is 11.4 Å². The summed E-state index contributed by atoms with van der Waals surface area (Å²) in [6, 6.07) is 9.39. The lowest BCUT2D eigenvalue weighted by Gasteiger charge is -2.06. The molecule has 0 aliphatic heterocycles. The van der Waals surface area contributed by atoms with Gasteiger partial charge in [-0.3, -0.25) is 0 Å². The van der Waals surface area contributed by atoms with Crippen LogP contribution in [0.25, 0.3) is 17.0 Å². The normalized spacial score (nSPS) is 14.7. The fraction of sp³-hybridized carbons (Fsp3) is 0.188. The topological polar surface area (TPSA) is 114 Å². The van der Waals surface area contributed by atoms with Gasteiger partial charge in [-0.15, -0.1) is 5.10 Å². The Bertz CT molecular complexity index is 1090. The van der Waals surface area contributed by atoms with E-state index in [1.807, 2.05) is 0 Å². The lowest BCUT2D eigenvalue weighted by molar-refractivity contribution is 0.0696. The minimum Gasteiger partial charge on any atom is -0.478 e. The van der Waals surface area contributed by atoms with Gasteiger partial charge < -0.3 is 5.11 Å². The van der Waals surface area contributed by atoms with E-state index in [0.717, 1.165) is 12.8 Å². The van der Waals surface area contributed by atoms with Crippen molar-refractivity contribution in [1.29, 1.82) is 0 Å². The van der Waals surface area contributed by atoms with Crippen LogP contribution in [0.5, 0.6) is 0 Å². The van der Waals surface area contributed by atoms with Crippen LogP contribution in [-0.2, 0) is 10.0 Å². The van der Waals surface area contributed by atoms with Gasteiger partial charge in [-0.1, -0.05) is 12.1 Å². The van der Waals surface area contributed by atoms with Crippen LogP contribution in [0.4, 0.5) is 0 Å². The molecule has 0 spiro atoms. The molecule has 0 saturated heterocycles. The second-order valence-electron chi connectivity index (χ2n) is 5.88. The molecule has 2 heterocycles. The Kier molecular flexibility index (Phi) is 3.55. The molecule has 1 fully saturated rings. The first kappa shape index (κ1) is 15.7. The number of sulfonamides is 1. The summed E-state index contributed by atoms with van der Waals surface area (Å²) in [5.74, 6) is -0.732. The summed E-state index contributed by atoms with van der Waals surface area (Å²) in [5.41, 5.74) is 1.11. The minimum atomic E-state index is -3.57. The van der Waals surface area contributed by atoms with Crippen LogP contribution < -0.4 is 4.72 Å². The standard InChI is InChI=1S/C16H14N4O4S/c21-16(22)11-4-7-14-17-15(18-20(14)9-11)10-2-1-3-13(8-10)25(23,24)19-12-5-6-12/h1-4,7-9,12,19H,5-6H2,(H,21,22). The third-order valence-electron chi connectivity index (χ3n) is 3.88. The predicted octanol–water partition coefficient (Wildman–Crippen LogP) is 1.54. The Hall–Kier alpha value is -2.78. The SMILES string of the molecule is O=C(O)c1ccc2nc(-c3cccc(S(=O)(=O)NC4CC4)c3)nn2c1. The van der Waals surface area contributed by atoms with E-state index in [1.165, 1.54) is 28.9 Å². The van der Waals surface area contributed by atoms with Crippen LogP contribution >= 0.6 is 0 Å². The van der Waals surface area contributed by atoms with Crippen LogP contribution in [0.1, 0.15) is 23.2 Å². The highest BCUT2D eigenvalue weighted by Crippen LogP contribution is 2.24. The van der Waals surface area contributed by atoms with Crippen LogP contribution in [0.3, 0.4) is 0 Å². The third-order valence-corrected chi connectivity index (χ3v) is 5.40. The number of aromatic carboxylic acids is 1. The summed E-state index contributed by atoms with van der Waals surface area (Å²) < 4.78 is 28.7. The largest absolute Gasteiger partial charge is 0.478 e. The van der Waals surface area contributed by atoms with E-state index < -0.39 is 16.0 Å². The number of pyridine rings is 1. The van der Waals surface area contributed by atoms with E-state index in [4.69, 9.17) is 5.11 Å². The predicted molar refractivity (Wildman–Crippen MR) is 88.7 cm³/mol. The zero-order valence-corrected chi connectivity index (χ0v) is 13.8. The summed E-state index contributed by atoms with van der Waals surface area (Å²) in [4.78, 5) is 15.5. The van der Waals surface area contributed by atoms with E-state index in [2.05, 4.69) is 14.8 Å². The fourth-order valence-corrected chi connectivity index (χ4v) is 3.77. The number of carboxylic acid groups (broad SMARTS) is 1. The lowest BCUT2D eigenvalue weighted by atomic mass is 10.2. The van der Waals surface area contributed by atoms with E-state index in [-0.39, 0.29) is 16.5 Å². The molecule has 128 valence electrons. The molecule has 0 amide bonds. The smallest absolute Gasteiger partial charge is 0.337 e. The molecule has 4 rings (SSSR count). The summed E-state index contributed by atoms with van der Waals surface area (Å²) in [6.07, 6.45) is 3.08. The number of hydrogen-bond acceptors (Lipinski definition) is 5. The van der Waals surface area contributed by atoms with Gasteiger partial charge >= 0.3 is 5.97 Å². The average molecular weight is 358 g/mol. The molecule has 9 heteroatoms. The second kappa shape index (κ2) is 5.64. The summed E-state index contributed by atoms with van der Waals surface area (Å²) in [5, 5.41) is 13.3. The minimum absolute atomic E-state index is 0.0245. The Balaban J connectivity index is 1.73. The lowest BCUT2D eigenvalue weighted by Crippen LogP contribution is -2.25. The maximum atomic E-state index is 12.3. The Morgan fingerprint density at radius 1 is 1.24 bits per heavy atom. The quantitative estimate of drug-likeness (QED) is 0.715. The van der Waals surface area contributed by atoms with E-state index in [9.17, 15) is 13.2 Å². The number of fused-ring (bicyclic) bond motifs is 1. The first-order valence-corrected chi connectivity index (χ1v) is 9.13.